The third-order valence-electron chi connectivity index (χ3n) is 4.11. The minimum atomic E-state index is -0.833. The molecule has 2 aromatic heterocycles. The van der Waals surface area contributed by atoms with Crippen LogP contribution in [-0.2, 0) is 17.6 Å². The first-order valence-corrected chi connectivity index (χ1v) is 9.69. The molecule has 0 saturated carbocycles. The molecule has 3 heterocycles. The number of piperidine rings is 1. The minimum Gasteiger partial charge on any atom is -0.481 e. The van der Waals surface area contributed by atoms with Crippen LogP contribution < -0.4 is 5.32 Å². The van der Waals surface area contributed by atoms with Crippen molar-refractivity contribution in [3.63, 3.8) is 0 Å². The number of aromatic nitrogens is 6. The number of hydrogen-bond acceptors (Lipinski definition) is 7. The quantitative estimate of drug-likeness (QED) is 0.755. The van der Waals surface area contributed by atoms with Gasteiger partial charge in [-0.1, -0.05) is 11.8 Å². The highest BCUT2D eigenvalue weighted by molar-refractivity contribution is 7.98. The van der Waals surface area contributed by atoms with Crippen molar-refractivity contribution in [1.82, 2.24) is 34.8 Å². The lowest BCUT2D eigenvalue weighted by molar-refractivity contribution is -0.134. The van der Waals surface area contributed by atoms with Gasteiger partial charge >= 0.3 is 0 Å². The van der Waals surface area contributed by atoms with E-state index in [0.717, 1.165) is 55.4 Å². The molecule has 0 unspecified atom stereocenters. The lowest BCUT2D eigenvalue weighted by Gasteiger charge is -2.21. The molecule has 0 spiro atoms. The molecule has 3 rings (SSSR count). The number of aliphatic carboxylic acids is 1. The lowest BCUT2D eigenvalue weighted by atomic mass is 9.97. The smallest absolute Gasteiger partial charge is 0.300 e. The minimum absolute atomic E-state index is 0.371. The Balaban J connectivity index is 0.000000552. The molecule has 1 aliphatic heterocycles. The second kappa shape index (κ2) is 9.67. The van der Waals surface area contributed by atoms with Crippen LogP contribution in [0.25, 0.3) is 0 Å². The number of hydrogen-bond donors (Lipinski definition) is 2. The van der Waals surface area contributed by atoms with Gasteiger partial charge in [-0.05, 0) is 39.8 Å². The molecular formula is C16H27N7O2S. The highest BCUT2D eigenvalue weighted by Gasteiger charge is 2.22. The predicted molar refractivity (Wildman–Crippen MR) is 99.1 cm³/mol. The largest absolute Gasteiger partial charge is 0.481 e. The number of carboxylic acids is 1. The summed E-state index contributed by atoms with van der Waals surface area (Å²) in [6, 6.07) is 0.371. The molecule has 2 N–H and O–H groups in total. The standard InChI is InChI=1S/C14H23N7S.C2H4O2/c1-10(2)21-9-16-17-12(21)8-22-14-19-18-13(20(14)3)11-4-6-15-7-5-11;1-2(3)4/h9-11,15H,4-8H2,1-3H3;1H3,(H,3,4). The summed E-state index contributed by atoms with van der Waals surface area (Å²) in [7, 11) is 2.06. The molecule has 26 heavy (non-hydrogen) atoms. The normalized spacial score (nSPS) is 15.0. The van der Waals surface area contributed by atoms with Gasteiger partial charge in [0, 0.05) is 25.9 Å². The van der Waals surface area contributed by atoms with Gasteiger partial charge in [0.15, 0.2) is 5.16 Å². The van der Waals surface area contributed by atoms with Gasteiger partial charge in [0.2, 0.25) is 0 Å². The molecule has 9 nitrogen and oxygen atoms in total. The number of carbonyl (C=O) groups is 1. The van der Waals surface area contributed by atoms with Crippen molar-refractivity contribution in [2.24, 2.45) is 7.05 Å². The van der Waals surface area contributed by atoms with Crippen LogP contribution in [0.2, 0.25) is 0 Å². The molecule has 0 radical (unpaired) electrons. The molecule has 1 saturated heterocycles. The van der Waals surface area contributed by atoms with E-state index in [4.69, 9.17) is 9.90 Å². The van der Waals surface area contributed by atoms with E-state index in [9.17, 15) is 0 Å². The zero-order valence-corrected chi connectivity index (χ0v) is 16.5. The molecule has 0 atom stereocenters. The maximum absolute atomic E-state index is 9.00. The fourth-order valence-corrected chi connectivity index (χ4v) is 3.67. The predicted octanol–water partition coefficient (Wildman–Crippen LogP) is 1.84. The van der Waals surface area contributed by atoms with Gasteiger partial charge in [-0.25, -0.2) is 0 Å². The Kier molecular flexibility index (Phi) is 7.58. The Morgan fingerprint density at radius 1 is 1.35 bits per heavy atom. The molecule has 144 valence electrons. The first-order chi connectivity index (χ1) is 12.4. The summed E-state index contributed by atoms with van der Waals surface area (Å²) in [6.45, 7) is 7.49. The molecule has 0 amide bonds. The van der Waals surface area contributed by atoms with Crippen LogP contribution in [0.5, 0.6) is 0 Å². The van der Waals surface area contributed by atoms with Crippen molar-refractivity contribution < 1.29 is 9.90 Å². The van der Waals surface area contributed by atoms with Crippen LogP contribution in [0.1, 0.15) is 57.2 Å². The summed E-state index contributed by atoms with van der Waals surface area (Å²) in [6.07, 6.45) is 4.06. The summed E-state index contributed by atoms with van der Waals surface area (Å²) in [5, 5.41) is 28.8. The second-order valence-corrected chi connectivity index (χ2v) is 7.42. The van der Waals surface area contributed by atoms with Gasteiger partial charge in [-0.15, -0.1) is 20.4 Å². The van der Waals surface area contributed by atoms with E-state index in [2.05, 4.69) is 55.7 Å². The monoisotopic (exact) mass is 381 g/mol. The highest BCUT2D eigenvalue weighted by atomic mass is 32.2. The number of nitrogens with one attached hydrogen (secondary N) is 1. The third kappa shape index (κ3) is 5.53. The summed E-state index contributed by atoms with van der Waals surface area (Å²) >= 11 is 1.67. The van der Waals surface area contributed by atoms with E-state index in [1.54, 1.807) is 18.1 Å². The van der Waals surface area contributed by atoms with E-state index in [-0.39, 0.29) is 0 Å². The molecule has 1 aliphatic rings. The fourth-order valence-electron chi connectivity index (χ4n) is 2.82. The third-order valence-corrected chi connectivity index (χ3v) is 5.12. The van der Waals surface area contributed by atoms with Crippen LogP contribution in [0.15, 0.2) is 11.5 Å². The summed E-state index contributed by atoms with van der Waals surface area (Å²) in [5.74, 6) is 2.53. The Labute approximate surface area is 157 Å². The Hall–Kier alpha value is -1.94. The first-order valence-electron chi connectivity index (χ1n) is 8.70. The van der Waals surface area contributed by atoms with E-state index < -0.39 is 5.97 Å². The van der Waals surface area contributed by atoms with Crippen molar-refractivity contribution in [3.8, 4) is 0 Å². The van der Waals surface area contributed by atoms with Crippen molar-refractivity contribution in [2.75, 3.05) is 13.1 Å². The van der Waals surface area contributed by atoms with E-state index in [1.165, 1.54) is 0 Å². The summed E-state index contributed by atoms with van der Waals surface area (Å²) in [5.41, 5.74) is 0. The van der Waals surface area contributed by atoms with Crippen LogP contribution >= 0.6 is 11.8 Å². The zero-order chi connectivity index (χ0) is 19.1. The highest BCUT2D eigenvalue weighted by Crippen LogP contribution is 2.27. The SMILES string of the molecule is CC(=O)O.CC(C)n1cnnc1CSc1nnc(C2CCNCC2)n1C. The van der Waals surface area contributed by atoms with E-state index in [0.29, 0.717) is 12.0 Å². The maximum Gasteiger partial charge on any atom is 0.300 e. The average molecular weight is 382 g/mol. The first kappa shape index (κ1) is 20.4. The molecule has 1 fully saturated rings. The second-order valence-electron chi connectivity index (χ2n) is 6.48. The number of nitrogens with zero attached hydrogens (tertiary/aromatic N) is 6. The molecule has 10 heteroatoms. The summed E-state index contributed by atoms with van der Waals surface area (Å²) < 4.78 is 4.23. The molecule has 0 aromatic carbocycles. The fraction of sp³-hybridized carbons (Fsp3) is 0.688. The number of thioether (sulfide) groups is 1. The molecule has 0 aliphatic carbocycles. The Morgan fingerprint density at radius 2 is 2.00 bits per heavy atom. The van der Waals surface area contributed by atoms with Crippen LogP contribution in [-0.4, -0.2) is 53.7 Å². The Morgan fingerprint density at radius 3 is 2.62 bits per heavy atom. The van der Waals surface area contributed by atoms with E-state index >= 15 is 0 Å². The molecule has 2 aromatic rings. The van der Waals surface area contributed by atoms with Crippen LogP contribution in [0.4, 0.5) is 0 Å². The van der Waals surface area contributed by atoms with Crippen molar-refractivity contribution in [3.05, 3.63) is 18.0 Å². The zero-order valence-electron chi connectivity index (χ0n) is 15.7. The van der Waals surface area contributed by atoms with Gasteiger partial charge < -0.3 is 19.6 Å². The maximum atomic E-state index is 9.00. The average Bonchev–Trinajstić information content (AvgIpc) is 3.20. The van der Waals surface area contributed by atoms with Crippen LogP contribution in [0.3, 0.4) is 0 Å². The van der Waals surface area contributed by atoms with Gasteiger partial charge in [-0.3, -0.25) is 4.79 Å². The van der Waals surface area contributed by atoms with Gasteiger partial charge in [0.25, 0.3) is 5.97 Å². The van der Waals surface area contributed by atoms with Crippen molar-refractivity contribution in [1.29, 1.82) is 0 Å². The summed E-state index contributed by atoms with van der Waals surface area (Å²) in [4.78, 5) is 9.00. The van der Waals surface area contributed by atoms with Gasteiger partial charge in [-0.2, -0.15) is 0 Å². The number of carboxylic acid groups (broad SMARTS) is 1. The Bertz CT molecular complexity index is 703. The van der Waals surface area contributed by atoms with Gasteiger partial charge in [0.1, 0.15) is 18.0 Å². The van der Waals surface area contributed by atoms with Crippen molar-refractivity contribution >= 4 is 17.7 Å². The lowest BCUT2D eigenvalue weighted by Crippen LogP contribution is -2.27. The molecular weight excluding hydrogens is 354 g/mol. The topological polar surface area (TPSA) is 111 Å². The number of rotatable bonds is 5. The van der Waals surface area contributed by atoms with Gasteiger partial charge in [0.05, 0.1) is 5.75 Å². The molecule has 0 bridgehead atoms. The van der Waals surface area contributed by atoms with Crippen molar-refractivity contribution in [2.45, 2.75) is 56.5 Å². The van der Waals surface area contributed by atoms with E-state index in [1.807, 2.05) is 0 Å². The van der Waals surface area contributed by atoms with Crippen LogP contribution in [0, 0.1) is 0 Å².